The predicted molar refractivity (Wildman–Crippen MR) is 53.4 cm³/mol. The van der Waals surface area contributed by atoms with Crippen molar-refractivity contribution in [3.63, 3.8) is 0 Å². The van der Waals surface area contributed by atoms with Crippen LogP contribution < -0.4 is 0 Å². The molecule has 2 aromatic rings. The Bertz CT molecular complexity index is 480. The molecule has 0 atom stereocenters. The first-order valence-electron chi connectivity index (χ1n) is 3.37. The van der Waals surface area contributed by atoms with E-state index in [2.05, 4.69) is 4.98 Å². The summed E-state index contributed by atoms with van der Waals surface area (Å²) in [5.41, 5.74) is 1.10. The number of hydrogen-bond donors (Lipinski definition) is 0. The monoisotopic (exact) mass is 290 g/mol. The topological polar surface area (TPSA) is 69.2 Å². The fourth-order valence-electron chi connectivity index (χ4n) is 1.00. The minimum atomic E-state index is -0.457. The van der Waals surface area contributed by atoms with E-state index in [1.165, 1.54) is 12.1 Å². The molecule has 0 aliphatic carbocycles. The molecule has 0 unspecified atom stereocenters. The maximum absolute atomic E-state index is 10.4. The van der Waals surface area contributed by atoms with E-state index in [4.69, 9.17) is 4.42 Å². The highest BCUT2D eigenvalue weighted by molar-refractivity contribution is 14.1. The summed E-state index contributed by atoms with van der Waals surface area (Å²) in [6.45, 7) is 0. The van der Waals surface area contributed by atoms with Gasteiger partial charge in [0.25, 0.3) is 9.58 Å². The average Bonchev–Trinajstić information content (AvgIpc) is 2.42. The molecule has 0 amide bonds. The van der Waals surface area contributed by atoms with Crippen molar-refractivity contribution in [1.29, 1.82) is 0 Å². The van der Waals surface area contributed by atoms with Gasteiger partial charge >= 0.3 is 0 Å². The smallest absolute Gasteiger partial charge is 0.271 e. The summed E-state index contributed by atoms with van der Waals surface area (Å²) in [4.78, 5) is 13.9. The molecule has 2 rings (SSSR count). The fourth-order valence-corrected chi connectivity index (χ4v) is 1.50. The zero-order valence-electron chi connectivity index (χ0n) is 6.23. The highest BCUT2D eigenvalue weighted by Gasteiger charge is 2.09. The van der Waals surface area contributed by atoms with Gasteiger partial charge in [0.15, 0.2) is 5.58 Å². The molecule has 0 radical (unpaired) electrons. The lowest BCUT2D eigenvalue weighted by atomic mass is 10.3. The number of hydrogen-bond acceptors (Lipinski definition) is 4. The molecule has 13 heavy (non-hydrogen) atoms. The van der Waals surface area contributed by atoms with Crippen LogP contribution in [0.2, 0.25) is 0 Å². The Balaban J connectivity index is 2.67. The molecule has 6 heteroatoms. The molecule has 1 heterocycles. The quantitative estimate of drug-likeness (QED) is 0.459. The Kier molecular flexibility index (Phi) is 1.91. The molecule has 0 aliphatic heterocycles. The molecule has 0 spiro atoms. The van der Waals surface area contributed by atoms with Crippen molar-refractivity contribution in [2.75, 3.05) is 0 Å². The molecule has 0 aliphatic rings. The minimum absolute atomic E-state index is 0.0252. The van der Waals surface area contributed by atoms with Crippen LogP contribution in [-0.4, -0.2) is 9.91 Å². The maximum atomic E-state index is 10.4. The third-order valence-corrected chi connectivity index (χ3v) is 2.02. The van der Waals surface area contributed by atoms with Gasteiger partial charge in [-0.1, -0.05) is 0 Å². The lowest BCUT2D eigenvalue weighted by Gasteiger charge is -1.88. The Hall–Kier alpha value is -1.18. The van der Waals surface area contributed by atoms with E-state index in [0.29, 0.717) is 15.0 Å². The second-order valence-electron chi connectivity index (χ2n) is 2.38. The van der Waals surface area contributed by atoms with Gasteiger partial charge in [-0.3, -0.25) is 10.1 Å². The van der Waals surface area contributed by atoms with Crippen LogP contribution in [0.3, 0.4) is 0 Å². The van der Waals surface area contributed by atoms with Crippen molar-refractivity contribution >= 4 is 39.4 Å². The molecule has 1 aromatic heterocycles. The Morgan fingerprint density at radius 3 is 3.00 bits per heavy atom. The third kappa shape index (κ3) is 1.48. The fraction of sp³-hybridized carbons (Fsp3) is 0. The van der Waals surface area contributed by atoms with Crippen molar-refractivity contribution in [3.8, 4) is 0 Å². The van der Waals surface area contributed by atoms with Crippen molar-refractivity contribution in [1.82, 2.24) is 4.98 Å². The van der Waals surface area contributed by atoms with Crippen LogP contribution in [0.15, 0.2) is 22.6 Å². The first kappa shape index (κ1) is 8.42. The predicted octanol–water partition coefficient (Wildman–Crippen LogP) is 2.34. The largest absolute Gasteiger partial charge is 0.432 e. The summed E-state index contributed by atoms with van der Waals surface area (Å²) in [5.74, 6) is 0. The summed E-state index contributed by atoms with van der Waals surface area (Å²) in [7, 11) is 0. The maximum Gasteiger partial charge on any atom is 0.271 e. The highest BCUT2D eigenvalue weighted by Crippen LogP contribution is 2.21. The third-order valence-electron chi connectivity index (χ3n) is 1.56. The van der Waals surface area contributed by atoms with Gasteiger partial charge in [-0.25, -0.2) is 4.98 Å². The number of nitro benzene ring substituents is 1. The van der Waals surface area contributed by atoms with Crippen molar-refractivity contribution in [2.45, 2.75) is 0 Å². The van der Waals surface area contributed by atoms with Crippen LogP contribution in [0.1, 0.15) is 0 Å². The Morgan fingerprint density at radius 2 is 2.31 bits per heavy atom. The normalized spacial score (nSPS) is 10.5. The van der Waals surface area contributed by atoms with E-state index in [1.54, 1.807) is 6.07 Å². The molecule has 0 saturated heterocycles. The molecule has 1 aromatic carbocycles. The SMILES string of the molecule is O=[N+]([O-])c1ccc2oc(I)nc2c1. The van der Waals surface area contributed by atoms with E-state index in [9.17, 15) is 10.1 Å². The number of non-ortho nitro benzene ring substituents is 1. The zero-order chi connectivity index (χ0) is 9.42. The molecule has 0 bridgehead atoms. The van der Waals surface area contributed by atoms with Gasteiger partial charge in [0.1, 0.15) is 5.52 Å². The van der Waals surface area contributed by atoms with E-state index in [-0.39, 0.29) is 5.69 Å². The molecule has 0 saturated carbocycles. The van der Waals surface area contributed by atoms with E-state index in [0.717, 1.165) is 0 Å². The van der Waals surface area contributed by atoms with Crippen molar-refractivity contribution in [3.05, 3.63) is 32.2 Å². The van der Waals surface area contributed by atoms with E-state index in [1.807, 2.05) is 22.6 Å². The van der Waals surface area contributed by atoms with Crippen molar-refractivity contribution < 1.29 is 9.34 Å². The first-order valence-corrected chi connectivity index (χ1v) is 4.45. The van der Waals surface area contributed by atoms with Crippen LogP contribution in [0.5, 0.6) is 0 Å². The number of oxazole rings is 1. The Labute approximate surface area is 86.0 Å². The highest BCUT2D eigenvalue weighted by atomic mass is 127. The molecule has 0 fully saturated rings. The number of fused-ring (bicyclic) bond motifs is 1. The summed E-state index contributed by atoms with van der Waals surface area (Å²) >= 11 is 1.91. The summed E-state index contributed by atoms with van der Waals surface area (Å²) in [6, 6.07) is 4.33. The number of rotatable bonds is 1. The van der Waals surface area contributed by atoms with Gasteiger partial charge in [0.05, 0.1) is 4.92 Å². The summed E-state index contributed by atoms with van der Waals surface area (Å²) in [6.07, 6.45) is 0. The zero-order valence-corrected chi connectivity index (χ0v) is 8.39. The number of nitro groups is 1. The van der Waals surface area contributed by atoms with Crippen LogP contribution in [-0.2, 0) is 0 Å². The van der Waals surface area contributed by atoms with Gasteiger partial charge in [-0.05, 0) is 6.07 Å². The molecule has 0 N–H and O–H groups in total. The Morgan fingerprint density at radius 1 is 1.54 bits per heavy atom. The second-order valence-corrected chi connectivity index (χ2v) is 3.30. The number of nitrogens with zero attached hydrogens (tertiary/aromatic N) is 2. The van der Waals surface area contributed by atoms with Crippen LogP contribution in [0, 0.1) is 14.0 Å². The second kappa shape index (κ2) is 2.95. The standard InChI is InChI=1S/C7H3IN2O3/c8-7-9-5-3-4(10(11)12)1-2-6(5)13-7/h1-3H. The average molecular weight is 290 g/mol. The molecular formula is C7H3IN2O3. The molecular weight excluding hydrogens is 287 g/mol. The lowest BCUT2D eigenvalue weighted by Crippen LogP contribution is -1.86. The lowest BCUT2D eigenvalue weighted by molar-refractivity contribution is -0.384. The first-order chi connectivity index (χ1) is 6.16. The van der Waals surface area contributed by atoms with Gasteiger partial charge in [-0.15, -0.1) is 0 Å². The van der Waals surface area contributed by atoms with E-state index >= 15 is 0 Å². The summed E-state index contributed by atoms with van der Waals surface area (Å²) < 4.78 is 5.64. The number of halogens is 1. The number of aromatic nitrogens is 1. The van der Waals surface area contributed by atoms with Crippen LogP contribution >= 0.6 is 22.6 Å². The summed E-state index contributed by atoms with van der Waals surface area (Å²) in [5, 5.41) is 10.4. The molecule has 66 valence electrons. The van der Waals surface area contributed by atoms with Crippen LogP contribution in [0.25, 0.3) is 11.1 Å². The van der Waals surface area contributed by atoms with Gasteiger partial charge in [-0.2, -0.15) is 0 Å². The van der Waals surface area contributed by atoms with Gasteiger partial charge < -0.3 is 4.42 Å². The molecule has 5 nitrogen and oxygen atoms in total. The van der Waals surface area contributed by atoms with Gasteiger partial charge in [0.2, 0.25) is 0 Å². The minimum Gasteiger partial charge on any atom is -0.432 e. The van der Waals surface area contributed by atoms with Crippen LogP contribution in [0.4, 0.5) is 5.69 Å². The van der Waals surface area contributed by atoms with Gasteiger partial charge in [0, 0.05) is 34.7 Å². The number of benzene rings is 1. The van der Waals surface area contributed by atoms with Crippen molar-refractivity contribution in [2.24, 2.45) is 0 Å². The van der Waals surface area contributed by atoms with E-state index < -0.39 is 4.92 Å².